The molecule has 0 aliphatic carbocycles. The van der Waals surface area contributed by atoms with Crippen molar-refractivity contribution in [2.45, 2.75) is 6.54 Å². The standard InChI is InChI=1S/C22H15ClFN9/c23-15-3-4-18-31-32-22(33(18)11-15)26-8-13-2-1-12(7-17(13)24)16-5-6-25-21-19(16)29-20(30-21)14-9-27-28-10-14/h1-7,9-11H,8H2,(H,26,32)(H,27,28)(H,25,29,30). The minimum absolute atomic E-state index is 0.236. The number of halogens is 2. The first-order valence-electron chi connectivity index (χ1n) is 10.0. The molecule has 0 atom stereocenters. The lowest BCUT2D eigenvalue weighted by Crippen LogP contribution is -2.05. The fourth-order valence-electron chi connectivity index (χ4n) is 3.69. The van der Waals surface area contributed by atoms with E-state index in [-0.39, 0.29) is 12.4 Å². The van der Waals surface area contributed by atoms with Crippen molar-refractivity contribution in [1.82, 2.24) is 39.7 Å². The van der Waals surface area contributed by atoms with E-state index in [1.807, 2.05) is 12.1 Å². The van der Waals surface area contributed by atoms with Crippen molar-refractivity contribution in [3.05, 3.63) is 77.6 Å². The largest absolute Gasteiger partial charge is 0.350 e. The number of pyridine rings is 2. The van der Waals surface area contributed by atoms with Gasteiger partial charge in [0.05, 0.1) is 22.3 Å². The summed E-state index contributed by atoms with van der Waals surface area (Å²) in [4.78, 5) is 12.1. The highest BCUT2D eigenvalue weighted by molar-refractivity contribution is 6.30. The Balaban J connectivity index is 1.29. The van der Waals surface area contributed by atoms with Crippen LogP contribution in [0.15, 0.2) is 61.2 Å². The second-order valence-electron chi connectivity index (χ2n) is 7.39. The Hall–Kier alpha value is -4.31. The Morgan fingerprint density at radius 2 is 2.03 bits per heavy atom. The molecule has 33 heavy (non-hydrogen) atoms. The minimum Gasteiger partial charge on any atom is -0.350 e. The van der Waals surface area contributed by atoms with Crippen LogP contribution in [0.3, 0.4) is 0 Å². The van der Waals surface area contributed by atoms with E-state index in [1.54, 1.807) is 47.4 Å². The highest BCUT2D eigenvalue weighted by Gasteiger charge is 2.14. The molecule has 0 fully saturated rings. The van der Waals surface area contributed by atoms with E-state index in [0.717, 1.165) is 16.6 Å². The minimum atomic E-state index is -0.341. The number of rotatable bonds is 5. The SMILES string of the molecule is Fc1cc(-c2ccnc3nc(-c4cn[nH]c4)[nH]c23)ccc1CNc1nnc2ccc(Cl)cn12. The Morgan fingerprint density at radius 1 is 1.09 bits per heavy atom. The molecule has 6 rings (SSSR count). The third-order valence-electron chi connectivity index (χ3n) is 5.33. The summed E-state index contributed by atoms with van der Waals surface area (Å²) < 4.78 is 16.7. The summed E-state index contributed by atoms with van der Waals surface area (Å²) in [5.41, 5.74) is 4.75. The zero-order valence-corrected chi connectivity index (χ0v) is 17.7. The van der Waals surface area contributed by atoms with Crippen LogP contribution in [0.5, 0.6) is 0 Å². The van der Waals surface area contributed by atoms with Gasteiger partial charge in [0.15, 0.2) is 11.3 Å². The fourth-order valence-corrected chi connectivity index (χ4v) is 3.85. The number of fused-ring (bicyclic) bond motifs is 2. The smallest absolute Gasteiger partial charge is 0.229 e. The Labute approximate surface area is 190 Å². The summed E-state index contributed by atoms with van der Waals surface area (Å²) in [6.07, 6.45) is 6.78. The molecule has 9 nitrogen and oxygen atoms in total. The third kappa shape index (κ3) is 3.46. The zero-order chi connectivity index (χ0) is 22.4. The van der Waals surface area contributed by atoms with Crippen LogP contribution in [0.1, 0.15) is 5.56 Å². The summed E-state index contributed by atoms with van der Waals surface area (Å²) in [5.74, 6) is 0.781. The summed E-state index contributed by atoms with van der Waals surface area (Å²) in [7, 11) is 0. The molecule has 11 heteroatoms. The molecule has 0 radical (unpaired) electrons. The quantitative estimate of drug-likeness (QED) is 0.351. The Morgan fingerprint density at radius 3 is 2.88 bits per heavy atom. The van der Waals surface area contributed by atoms with Gasteiger partial charge in [-0.3, -0.25) is 9.50 Å². The molecular formula is C22H15ClFN9. The molecule has 0 aliphatic rings. The molecule has 5 heterocycles. The monoisotopic (exact) mass is 459 g/mol. The van der Waals surface area contributed by atoms with E-state index in [0.29, 0.717) is 39.2 Å². The van der Waals surface area contributed by atoms with Crippen LogP contribution >= 0.6 is 11.6 Å². The maximum atomic E-state index is 15.0. The van der Waals surface area contributed by atoms with Crippen molar-refractivity contribution in [1.29, 1.82) is 0 Å². The molecule has 3 N–H and O–H groups in total. The first-order valence-corrected chi connectivity index (χ1v) is 10.4. The van der Waals surface area contributed by atoms with Gasteiger partial charge in [0.1, 0.15) is 11.6 Å². The van der Waals surface area contributed by atoms with Gasteiger partial charge in [0.2, 0.25) is 5.95 Å². The number of anilines is 1. The van der Waals surface area contributed by atoms with Crippen LogP contribution < -0.4 is 5.32 Å². The van der Waals surface area contributed by atoms with Crippen molar-refractivity contribution >= 4 is 34.4 Å². The number of nitrogens with zero attached hydrogens (tertiary/aromatic N) is 6. The van der Waals surface area contributed by atoms with Gasteiger partial charge in [-0.1, -0.05) is 23.7 Å². The lowest BCUT2D eigenvalue weighted by molar-refractivity contribution is 0.613. The molecule has 0 amide bonds. The van der Waals surface area contributed by atoms with Gasteiger partial charge >= 0.3 is 0 Å². The molecule has 0 aliphatic heterocycles. The number of aromatic amines is 2. The van der Waals surface area contributed by atoms with Crippen LogP contribution in [0.2, 0.25) is 5.02 Å². The highest BCUT2D eigenvalue weighted by atomic mass is 35.5. The van der Waals surface area contributed by atoms with Crippen LogP contribution in [-0.2, 0) is 6.54 Å². The molecular weight excluding hydrogens is 445 g/mol. The molecule has 0 saturated heterocycles. The molecule has 0 unspecified atom stereocenters. The van der Waals surface area contributed by atoms with E-state index in [2.05, 4.69) is 40.7 Å². The van der Waals surface area contributed by atoms with Gasteiger partial charge in [-0.05, 0) is 29.8 Å². The average molecular weight is 460 g/mol. The summed E-state index contributed by atoms with van der Waals surface area (Å²) in [6, 6.07) is 10.4. The number of nitrogens with one attached hydrogen (secondary N) is 3. The summed E-state index contributed by atoms with van der Waals surface area (Å²) in [5, 5.41) is 18.6. The highest BCUT2D eigenvalue weighted by Crippen LogP contribution is 2.29. The molecule has 162 valence electrons. The molecule has 6 aromatic rings. The lowest BCUT2D eigenvalue weighted by Gasteiger charge is -2.09. The normalized spacial score (nSPS) is 11.5. The van der Waals surface area contributed by atoms with Gasteiger partial charge in [-0.25, -0.2) is 14.4 Å². The Kier molecular flexibility index (Phi) is 4.51. The number of aromatic nitrogens is 8. The van der Waals surface area contributed by atoms with Crippen molar-refractivity contribution in [3.8, 4) is 22.5 Å². The van der Waals surface area contributed by atoms with E-state index in [1.165, 1.54) is 6.07 Å². The first kappa shape index (κ1) is 19.4. The maximum Gasteiger partial charge on any atom is 0.229 e. The predicted molar refractivity (Wildman–Crippen MR) is 122 cm³/mol. The molecule has 0 bridgehead atoms. The van der Waals surface area contributed by atoms with E-state index < -0.39 is 0 Å². The molecule has 5 aromatic heterocycles. The van der Waals surface area contributed by atoms with Crippen LogP contribution in [0.4, 0.5) is 10.3 Å². The predicted octanol–water partition coefficient (Wildman–Crippen LogP) is 4.46. The van der Waals surface area contributed by atoms with Crippen molar-refractivity contribution < 1.29 is 4.39 Å². The number of imidazole rings is 1. The second-order valence-corrected chi connectivity index (χ2v) is 7.82. The van der Waals surface area contributed by atoms with E-state index >= 15 is 4.39 Å². The number of benzene rings is 1. The van der Waals surface area contributed by atoms with Gasteiger partial charge in [-0.2, -0.15) is 5.10 Å². The van der Waals surface area contributed by atoms with Gasteiger partial charge < -0.3 is 10.3 Å². The second kappa shape index (κ2) is 7.68. The van der Waals surface area contributed by atoms with Crippen LogP contribution in [-0.4, -0.2) is 39.7 Å². The van der Waals surface area contributed by atoms with Gasteiger partial charge in [-0.15, -0.1) is 10.2 Å². The maximum absolute atomic E-state index is 15.0. The van der Waals surface area contributed by atoms with Crippen LogP contribution in [0, 0.1) is 5.82 Å². The van der Waals surface area contributed by atoms with Crippen molar-refractivity contribution in [3.63, 3.8) is 0 Å². The van der Waals surface area contributed by atoms with Gasteiger partial charge in [0, 0.05) is 36.3 Å². The first-order chi connectivity index (χ1) is 16.2. The number of H-pyrrole nitrogens is 2. The van der Waals surface area contributed by atoms with E-state index in [9.17, 15) is 0 Å². The van der Waals surface area contributed by atoms with Crippen LogP contribution in [0.25, 0.3) is 39.3 Å². The number of hydrogen-bond donors (Lipinski definition) is 3. The topological polar surface area (TPSA) is 112 Å². The molecule has 1 aromatic carbocycles. The van der Waals surface area contributed by atoms with E-state index in [4.69, 9.17) is 11.6 Å². The van der Waals surface area contributed by atoms with Crippen molar-refractivity contribution in [2.75, 3.05) is 5.32 Å². The third-order valence-corrected chi connectivity index (χ3v) is 5.55. The van der Waals surface area contributed by atoms with Crippen molar-refractivity contribution in [2.24, 2.45) is 0 Å². The Bertz CT molecular complexity index is 1600. The lowest BCUT2D eigenvalue weighted by atomic mass is 10.0. The molecule has 0 spiro atoms. The zero-order valence-electron chi connectivity index (χ0n) is 16.9. The number of hydrogen-bond acceptors (Lipinski definition) is 6. The molecule has 0 saturated carbocycles. The fraction of sp³-hybridized carbons (Fsp3) is 0.0455. The summed E-state index contributed by atoms with van der Waals surface area (Å²) in [6.45, 7) is 0.236. The average Bonchev–Trinajstić information content (AvgIpc) is 3.57. The summed E-state index contributed by atoms with van der Waals surface area (Å²) >= 11 is 6.06. The van der Waals surface area contributed by atoms with Gasteiger partial charge in [0.25, 0.3) is 0 Å².